The van der Waals surface area contributed by atoms with Gasteiger partial charge >= 0.3 is 0 Å². The first-order chi connectivity index (χ1) is 10.8. The van der Waals surface area contributed by atoms with Gasteiger partial charge in [-0.15, -0.1) is 11.3 Å². The maximum absolute atomic E-state index is 5.51. The summed E-state index contributed by atoms with van der Waals surface area (Å²) in [5.41, 5.74) is 4.40. The molecule has 0 spiro atoms. The van der Waals surface area contributed by atoms with Gasteiger partial charge in [-0.2, -0.15) is 0 Å². The van der Waals surface area contributed by atoms with Gasteiger partial charge in [0.15, 0.2) is 0 Å². The van der Waals surface area contributed by atoms with Crippen molar-refractivity contribution in [1.29, 1.82) is 0 Å². The minimum Gasteiger partial charge on any atom is -0.391 e. The van der Waals surface area contributed by atoms with E-state index in [9.17, 15) is 0 Å². The number of likely N-dealkylation sites (tertiary alicyclic amines) is 1. The lowest BCUT2D eigenvalue weighted by molar-refractivity contribution is 0.0127. The molecule has 2 aromatic rings. The maximum atomic E-state index is 5.51. The molecule has 4 nitrogen and oxygen atoms in total. The van der Waals surface area contributed by atoms with Crippen LogP contribution >= 0.6 is 27.3 Å². The van der Waals surface area contributed by atoms with E-state index in [0.717, 1.165) is 36.2 Å². The summed E-state index contributed by atoms with van der Waals surface area (Å²) in [6.07, 6.45) is 3.60. The van der Waals surface area contributed by atoms with Gasteiger partial charge in [-0.05, 0) is 59.6 Å². The first-order valence-electron chi connectivity index (χ1n) is 7.70. The van der Waals surface area contributed by atoms with Crippen molar-refractivity contribution in [2.24, 2.45) is 11.1 Å². The Balaban J connectivity index is 1.33. The van der Waals surface area contributed by atoms with E-state index < -0.39 is 0 Å². The van der Waals surface area contributed by atoms with E-state index in [1.807, 2.05) is 5.51 Å². The number of hydrogen-bond donors (Lipinski definition) is 0. The van der Waals surface area contributed by atoms with Gasteiger partial charge in [0.05, 0.1) is 15.7 Å². The largest absolute Gasteiger partial charge is 0.391 e. The van der Waals surface area contributed by atoms with Crippen molar-refractivity contribution in [3.8, 4) is 0 Å². The quantitative estimate of drug-likeness (QED) is 0.808. The molecular formula is C16H18BrN3OS. The van der Waals surface area contributed by atoms with Gasteiger partial charge in [0.25, 0.3) is 0 Å². The Morgan fingerprint density at radius 3 is 2.95 bits per heavy atom. The van der Waals surface area contributed by atoms with E-state index >= 15 is 0 Å². The van der Waals surface area contributed by atoms with Crippen molar-refractivity contribution in [2.75, 3.05) is 13.1 Å². The van der Waals surface area contributed by atoms with E-state index in [-0.39, 0.29) is 6.10 Å². The molecule has 0 unspecified atom stereocenters. The van der Waals surface area contributed by atoms with E-state index in [1.165, 1.54) is 23.1 Å². The summed E-state index contributed by atoms with van der Waals surface area (Å²) >= 11 is 5.13. The topological polar surface area (TPSA) is 37.7 Å². The number of halogens is 1. The van der Waals surface area contributed by atoms with Gasteiger partial charge < -0.3 is 4.84 Å². The Kier molecular flexibility index (Phi) is 4.15. The van der Waals surface area contributed by atoms with Crippen LogP contribution in [-0.4, -0.2) is 33.7 Å². The van der Waals surface area contributed by atoms with Crippen LogP contribution < -0.4 is 0 Å². The molecule has 1 aromatic heterocycles. The molecule has 0 amide bonds. The molecule has 1 atom stereocenters. The lowest BCUT2D eigenvalue weighted by Crippen LogP contribution is -2.37. The van der Waals surface area contributed by atoms with Crippen LogP contribution in [-0.2, 0) is 11.4 Å². The number of piperidine rings is 1. The Morgan fingerprint density at radius 2 is 2.18 bits per heavy atom. The first kappa shape index (κ1) is 14.6. The summed E-state index contributed by atoms with van der Waals surface area (Å²) in [5, 5.41) is 4.02. The van der Waals surface area contributed by atoms with Crippen LogP contribution in [0, 0.1) is 5.92 Å². The van der Waals surface area contributed by atoms with Crippen molar-refractivity contribution >= 4 is 42.1 Å². The fourth-order valence-electron chi connectivity index (χ4n) is 3.36. The second-order valence-electron chi connectivity index (χ2n) is 6.08. The molecule has 22 heavy (non-hydrogen) atoms. The van der Waals surface area contributed by atoms with Gasteiger partial charge in [-0.1, -0.05) is 11.2 Å². The Morgan fingerprint density at radius 1 is 1.32 bits per heavy atom. The van der Waals surface area contributed by atoms with Crippen LogP contribution in [0.1, 0.15) is 24.8 Å². The molecule has 4 rings (SSSR count). The molecule has 0 radical (unpaired) electrons. The Labute approximate surface area is 142 Å². The van der Waals surface area contributed by atoms with Crippen LogP contribution in [0.25, 0.3) is 10.2 Å². The number of fused-ring (bicyclic) bond motifs is 1. The number of nitrogens with zero attached hydrogens (tertiary/aromatic N) is 3. The third-order valence-electron chi connectivity index (χ3n) is 4.62. The highest BCUT2D eigenvalue weighted by Gasteiger charge is 2.31. The zero-order valence-corrected chi connectivity index (χ0v) is 14.6. The zero-order chi connectivity index (χ0) is 14.9. The minimum atomic E-state index is 0.280. The monoisotopic (exact) mass is 379 g/mol. The van der Waals surface area contributed by atoms with Crippen LogP contribution in [0.2, 0.25) is 0 Å². The lowest BCUT2D eigenvalue weighted by Gasteiger charge is -2.33. The number of rotatable bonds is 3. The molecule has 0 aliphatic carbocycles. The third-order valence-corrected chi connectivity index (χ3v) is 5.89. The highest BCUT2D eigenvalue weighted by atomic mass is 79.9. The summed E-state index contributed by atoms with van der Waals surface area (Å²) in [5.74, 6) is 0.635. The summed E-state index contributed by atoms with van der Waals surface area (Å²) < 4.78 is 2.22. The Hall–Kier alpha value is -0.980. The smallest absolute Gasteiger partial charge is 0.136 e. The fraction of sp³-hybridized carbons (Fsp3) is 0.500. The van der Waals surface area contributed by atoms with E-state index in [1.54, 1.807) is 11.3 Å². The molecular weight excluding hydrogens is 362 g/mol. The van der Waals surface area contributed by atoms with Crippen LogP contribution in [0.4, 0.5) is 0 Å². The summed E-state index contributed by atoms with van der Waals surface area (Å²) in [7, 11) is 0. The molecule has 1 fully saturated rings. The van der Waals surface area contributed by atoms with Crippen LogP contribution in [0.3, 0.4) is 0 Å². The van der Waals surface area contributed by atoms with Crippen molar-refractivity contribution < 1.29 is 4.84 Å². The lowest BCUT2D eigenvalue weighted by atomic mass is 9.90. The molecule has 3 heterocycles. The zero-order valence-electron chi connectivity index (χ0n) is 12.2. The van der Waals surface area contributed by atoms with Crippen LogP contribution in [0.15, 0.2) is 28.9 Å². The van der Waals surface area contributed by atoms with Gasteiger partial charge in [0.2, 0.25) is 0 Å². The minimum absolute atomic E-state index is 0.280. The molecule has 0 bridgehead atoms. The number of aromatic nitrogens is 1. The molecule has 6 heteroatoms. The number of oxime groups is 1. The summed E-state index contributed by atoms with van der Waals surface area (Å²) in [4.78, 5) is 12.5. The summed E-state index contributed by atoms with van der Waals surface area (Å²) in [6.45, 7) is 3.29. The number of thiazole rings is 1. The molecule has 0 N–H and O–H groups in total. The summed E-state index contributed by atoms with van der Waals surface area (Å²) in [6, 6.07) is 6.65. The predicted molar refractivity (Wildman–Crippen MR) is 93.5 cm³/mol. The molecule has 0 saturated carbocycles. The molecule has 1 aromatic carbocycles. The third kappa shape index (κ3) is 3.05. The van der Waals surface area contributed by atoms with Crippen molar-refractivity contribution in [1.82, 2.24) is 9.88 Å². The molecule has 2 aliphatic heterocycles. The number of benzene rings is 1. The van der Waals surface area contributed by atoms with Crippen molar-refractivity contribution in [2.45, 2.75) is 31.9 Å². The standard InChI is InChI=1S/C16H18BrN3OS/c17-16-8-14(21-19-16)12-3-5-20(6-4-12)9-11-1-2-15-13(7-11)18-10-22-15/h1-2,7,10,12,14H,3-6,8-9H2/t14-/m1/s1. The highest BCUT2D eigenvalue weighted by Crippen LogP contribution is 2.30. The van der Waals surface area contributed by atoms with Crippen molar-refractivity contribution in [3.05, 3.63) is 29.3 Å². The predicted octanol–water partition coefficient (Wildman–Crippen LogP) is 4.01. The highest BCUT2D eigenvalue weighted by molar-refractivity contribution is 9.18. The van der Waals surface area contributed by atoms with Gasteiger partial charge in [-0.25, -0.2) is 4.98 Å². The van der Waals surface area contributed by atoms with E-state index in [0.29, 0.717) is 5.92 Å². The van der Waals surface area contributed by atoms with Gasteiger partial charge in [0.1, 0.15) is 10.7 Å². The molecule has 1 saturated heterocycles. The van der Waals surface area contributed by atoms with Crippen LogP contribution in [0.5, 0.6) is 0 Å². The molecule has 116 valence electrons. The fourth-order valence-corrected chi connectivity index (χ4v) is 4.42. The van der Waals surface area contributed by atoms with Gasteiger partial charge in [0, 0.05) is 18.9 Å². The van der Waals surface area contributed by atoms with Gasteiger partial charge in [-0.3, -0.25) is 4.90 Å². The second-order valence-corrected chi connectivity index (χ2v) is 7.89. The maximum Gasteiger partial charge on any atom is 0.136 e. The first-order valence-corrected chi connectivity index (χ1v) is 9.38. The van der Waals surface area contributed by atoms with E-state index in [4.69, 9.17) is 4.84 Å². The molecule has 2 aliphatic rings. The number of hydrogen-bond acceptors (Lipinski definition) is 5. The van der Waals surface area contributed by atoms with Crippen molar-refractivity contribution in [3.63, 3.8) is 0 Å². The van der Waals surface area contributed by atoms with E-state index in [2.05, 4.69) is 49.2 Å². The average molecular weight is 380 g/mol. The Bertz CT molecular complexity index is 694. The normalized spacial score (nSPS) is 23.7. The average Bonchev–Trinajstić information content (AvgIpc) is 3.16. The second kappa shape index (κ2) is 6.26. The SMILES string of the molecule is BrC1=NO[C@@H](C2CCN(Cc3ccc4scnc4c3)CC2)C1.